The van der Waals surface area contributed by atoms with E-state index < -0.39 is 0 Å². The van der Waals surface area contributed by atoms with Gasteiger partial charge in [0.2, 0.25) is 5.91 Å². The van der Waals surface area contributed by atoms with Crippen LogP contribution < -0.4 is 5.43 Å². The number of H-pyrrole nitrogens is 1. The average Bonchev–Trinajstić information content (AvgIpc) is 3.32. The Hall–Kier alpha value is -3.34. The van der Waals surface area contributed by atoms with Gasteiger partial charge < -0.3 is 9.55 Å². The summed E-state index contributed by atoms with van der Waals surface area (Å²) in [7, 11) is 0. The minimum absolute atomic E-state index is 0.0663. The maximum atomic E-state index is 12.4. The lowest BCUT2D eigenvalue weighted by molar-refractivity contribution is -0.121. The molecule has 146 valence electrons. The number of para-hydroxylation sites is 2. The second kappa shape index (κ2) is 7.59. The van der Waals surface area contributed by atoms with E-state index in [1.54, 1.807) is 6.21 Å². The van der Waals surface area contributed by atoms with Gasteiger partial charge in [-0.05, 0) is 43.4 Å². The summed E-state index contributed by atoms with van der Waals surface area (Å²) in [6.45, 7) is 0.685. The number of aromatic nitrogens is 2. The summed E-state index contributed by atoms with van der Waals surface area (Å²) >= 11 is 0. The highest BCUT2D eigenvalue weighted by molar-refractivity contribution is 5.99. The van der Waals surface area contributed by atoms with Crippen LogP contribution in [0, 0.1) is 0 Å². The van der Waals surface area contributed by atoms with Crippen LogP contribution in [0.1, 0.15) is 36.1 Å². The van der Waals surface area contributed by atoms with Crippen LogP contribution in [0.4, 0.5) is 0 Å². The topological polar surface area (TPSA) is 62.2 Å². The van der Waals surface area contributed by atoms with Gasteiger partial charge >= 0.3 is 0 Å². The van der Waals surface area contributed by atoms with Crippen molar-refractivity contribution < 1.29 is 4.79 Å². The molecule has 5 rings (SSSR count). The van der Waals surface area contributed by atoms with Crippen LogP contribution in [0.2, 0.25) is 0 Å². The van der Waals surface area contributed by atoms with Gasteiger partial charge in [0.15, 0.2) is 0 Å². The first kappa shape index (κ1) is 17.7. The number of carbonyl (C=O) groups is 1. The number of carbonyl (C=O) groups excluding carboxylic acids is 1. The van der Waals surface area contributed by atoms with E-state index >= 15 is 0 Å². The van der Waals surface area contributed by atoms with Crippen molar-refractivity contribution in [3.8, 4) is 0 Å². The molecule has 29 heavy (non-hydrogen) atoms. The summed E-state index contributed by atoms with van der Waals surface area (Å²) in [5, 5.41) is 6.60. The monoisotopic (exact) mass is 384 g/mol. The summed E-state index contributed by atoms with van der Waals surface area (Å²) in [6, 6.07) is 16.6. The summed E-state index contributed by atoms with van der Waals surface area (Å²) in [5.41, 5.74) is 8.83. The second-order valence-corrected chi connectivity index (χ2v) is 7.63. The largest absolute Gasteiger partial charge is 0.361 e. The Bertz CT molecular complexity index is 1210. The Labute approximate surface area is 169 Å². The fourth-order valence-corrected chi connectivity index (χ4v) is 4.49. The predicted octanol–water partition coefficient (Wildman–Crippen LogP) is 4.54. The van der Waals surface area contributed by atoms with Gasteiger partial charge in [-0.15, -0.1) is 0 Å². The van der Waals surface area contributed by atoms with Crippen molar-refractivity contribution >= 4 is 33.9 Å². The molecule has 1 aliphatic carbocycles. The Morgan fingerprint density at radius 1 is 1.07 bits per heavy atom. The number of hydrazone groups is 1. The highest BCUT2D eigenvalue weighted by Crippen LogP contribution is 2.32. The van der Waals surface area contributed by atoms with E-state index in [0.29, 0.717) is 13.0 Å². The van der Waals surface area contributed by atoms with Crippen LogP contribution in [0.15, 0.2) is 59.8 Å². The Morgan fingerprint density at radius 3 is 2.79 bits per heavy atom. The summed E-state index contributed by atoms with van der Waals surface area (Å²) in [4.78, 5) is 15.6. The molecule has 2 N–H and O–H groups in total. The maximum Gasteiger partial charge on any atom is 0.241 e. The predicted molar refractivity (Wildman–Crippen MR) is 117 cm³/mol. The van der Waals surface area contributed by atoms with Crippen LogP contribution in [-0.2, 0) is 24.2 Å². The van der Waals surface area contributed by atoms with Gasteiger partial charge in [0, 0.05) is 52.2 Å². The third kappa shape index (κ3) is 3.33. The molecule has 4 aromatic rings. The zero-order chi connectivity index (χ0) is 19.6. The molecule has 2 aromatic carbocycles. The molecule has 1 amide bonds. The van der Waals surface area contributed by atoms with E-state index in [-0.39, 0.29) is 5.91 Å². The van der Waals surface area contributed by atoms with Crippen LogP contribution in [0.3, 0.4) is 0 Å². The van der Waals surface area contributed by atoms with E-state index in [0.717, 1.165) is 29.3 Å². The lowest BCUT2D eigenvalue weighted by atomic mass is 9.95. The van der Waals surface area contributed by atoms with E-state index in [4.69, 9.17) is 0 Å². The molecule has 2 aromatic heterocycles. The Morgan fingerprint density at radius 2 is 1.86 bits per heavy atom. The number of nitrogens with one attached hydrogen (secondary N) is 2. The number of hydrogen-bond acceptors (Lipinski definition) is 2. The number of amides is 1. The fraction of sp³-hybridized carbons (Fsp3) is 0.250. The number of fused-ring (bicyclic) bond motifs is 4. The van der Waals surface area contributed by atoms with Crippen molar-refractivity contribution in [1.82, 2.24) is 15.0 Å². The molecular formula is C24H24N4O. The third-order valence-electron chi connectivity index (χ3n) is 5.86. The normalized spacial score (nSPS) is 13.9. The van der Waals surface area contributed by atoms with Gasteiger partial charge in [-0.3, -0.25) is 4.79 Å². The molecule has 0 fully saturated rings. The molecule has 0 radical (unpaired) electrons. The number of hydrogen-bond donors (Lipinski definition) is 2. The number of rotatable bonds is 5. The summed E-state index contributed by atoms with van der Waals surface area (Å²) < 4.78 is 2.34. The smallest absolute Gasteiger partial charge is 0.241 e. The van der Waals surface area contributed by atoms with Crippen molar-refractivity contribution in [3.63, 3.8) is 0 Å². The summed E-state index contributed by atoms with van der Waals surface area (Å²) in [5.74, 6) is -0.0663. The molecule has 5 nitrogen and oxygen atoms in total. The van der Waals surface area contributed by atoms with E-state index in [9.17, 15) is 4.79 Å². The Kier molecular flexibility index (Phi) is 4.64. The summed E-state index contributed by atoms with van der Waals surface area (Å²) in [6.07, 6.45) is 8.74. The molecular weight excluding hydrogens is 360 g/mol. The standard InChI is InChI=1S/C24H24N4O/c29-24(27-26-16-17-15-25-21-10-4-1-7-18(17)21)13-14-28-22-11-5-2-8-19(22)20-9-3-6-12-23(20)28/h1-2,4-5,7-8,10-11,15-16,25H,3,6,9,12-14H2,(H,27,29). The van der Waals surface area contributed by atoms with Crippen molar-refractivity contribution in [2.45, 2.75) is 38.6 Å². The van der Waals surface area contributed by atoms with Crippen LogP contribution in [-0.4, -0.2) is 21.7 Å². The molecule has 0 bridgehead atoms. The molecule has 1 aliphatic rings. The van der Waals surface area contributed by atoms with Gasteiger partial charge in [0.1, 0.15) is 0 Å². The SMILES string of the molecule is O=C(CCn1c2c(c3ccccc31)CCCC2)NN=Cc1c[nH]c2ccccc12. The van der Waals surface area contributed by atoms with E-state index in [1.165, 1.54) is 35.0 Å². The van der Waals surface area contributed by atoms with Gasteiger partial charge in [0.05, 0.1) is 6.21 Å². The van der Waals surface area contributed by atoms with Gasteiger partial charge in [-0.2, -0.15) is 5.10 Å². The second-order valence-electron chi connectivity index (χ2n) is 7.63. The average molecular weight is 384 g/mol. The van der Waals surface area contributed by atoms with Crippen LogP contribution in [0.25, 0.3) is 21.8 Å². The highest BCUT2D eigenvalue weighted by Gasteiger charge is 2.19. The third-order valence-corrected chi connectivity index (χ3v) is 5.86. The van der Waals surface area contributed by atoms with E-state index in [2.05, 4.69) is 44.3 Å². The van der Waals surface area contributed by atoms with Crippen molar-refractivity contribution in [3.05, 3.63) is 71.5 Å². The van der Waals surface area contributed by atoms with Crippen LogP contribution >= 0.6 is 0 Å². The zero-order valence-corrected chi connectivity index (χ0v) is 16.3. The quantitative estimate of drug-likeness (QED) is 0.385. The first-order valence-electron chi connectivity index (χ1n) is 10.3. The minimum Gasteiger partial charge on any atom is -0.361 e. The minimum atomic E-state index is -0.0663. The van der Waals surface area contributed by atoms with Crippen molar-refractivity contribution in [2.75, 3.05) is 0 Å². The molecule has 0 saturated heterocycles. The van der Waals surface area contributed by atoms with Gasteiger partial charge in [-0.1, -0.05) is 36.4 Å². The lowest BCUT2D eigenvalue weighted by Crippen LogP contribution is -2.20. The van der Waals surface area contributed by atoms with Crippen molar-refractivity contribution in [2.24, 2.45) is 5.10 Å². The molecule has 0 saturated carbocycles. The first-order chi connectivity index (χ1) is 14.3. The van der Waals surface area contributed by atoms with Gasteiger partial charge in [0.25, 0.3) is 0 Å². The molecule has 0 atom stereocenters. The number of benzene rings is 2. The van der Waals surface area contributed by atoms with Gasteiger partial charge in [-0.25, -0.2) is 5.43 Å². The number of nitrogens with zero attached hydrogens (tertiary/aromatic N) is 2. The zero-order valence-electron chi connectivity index (χ0n) is 16.3. The number of aryl methyl sites for hydroxylation is 2. The first-order valence-corrected chi connectivity index (χ1v) is 10.3. The molecule has 2 heterocycles. The lowest BCUT2D eigenvalue weighted by Gasteiger charge is -2.15. The Balaban J connectivity index is 1.28. The van der Waals surface area contributed by atoms with Crippen molar-refractivity contribution in [1.29, 1.82) is 0 Å². The molecule has 0 spiro atoms. The molecule has 5 heteroatoms. The van der Waals surface area contributed by atoms with Crippen LogP contribution in [0.5, 0.6) is 0 Å². The molecule has 0 aliphatic heterocycles. The number of aromatic amines is 1. The molecule has 0 unspecified atom stereocenters. The highest BCUT2D eigenvalue weighted by atomic mass is 16.2. The van der Waals surface area contributed by atoms with E-state index in [1.807, 2.05) is 30.5 Å². The fourth-order valence-electron chi connectivity index (χ4n) is 4.49. The maximum absolute atomic E-state index is 12.4.